The summed E-state index contributed by atoms with van der Waals surface area (Å²) in [6.07, 6.45) is 0.900. The maximum Gasteiger partial charge on any atom is 0.353 e. The Balaban J connectivity index is 2.91. The first-order chi connectivity index (χ1) is 6.61. The Labute approximate surface area is 80.6 Å². The highest BCUT2D eigenvalue weighted by Gasteiger charge is 2.05. The average Bonchev–Trinajstić information content (AvgIpc) is 2.19. The molecule has 0 aliphatic rings. The number of nitrogens with one attached hydrogen (secondary N) is 1. The summed E-state index contributed by atoms with van der Waals surface area (Å²) in [6.45, 7) is 0. The number of carboxylic acids is 1. The van der Waals surface area contributed by atoms with Crippen LogP contribution in [-0.4, -0.2) is 21.9 Å². The van der Waals surface area contributed by atoms with Crippen LogP contribution in [0.2, 0.25) is 0 Å². The maximum atomic E-state index is 10.3. The molecule has 1 aromatic rings. The van der Waals surface area contributed by atoms with Crippen molar-refractivity contribution in [2.45, 2.75) is 0 Å². The summed E-state index contributed by atoms with van der Waals surface area (Å²) in [5, 5.41) is 24.8. The van der Waals surface area contributed by atoms with Gasteiger partial charge in [-0.05, 0) is 0 Å². The molecule has 0 unspecified atom stereocenters. The normalized spacial score (nSPS) is 11.0. The van der Waals surface area contributed by atoms with Crippen LogP contribution in [0.1, 0.15) is 5.56 Å². The molecule has 14 heavy (non-hydrogen) atoms. The molecule has 0 spiro atoms. The summed E-state index contributed by atoms with van der Waals surface area (Å²) < 4.78 is 0. The van der Waals surface area contributed by atoms with E-state index in [9.17, 15) is 9.90 Å². The Morgan fingerprint density at radius 1 is 1.21 bits per heavy atom. The minimum atomic E-state index is -1.37. The number of aliphatic carboxylic acids is 1. The number of hydrogen-bond acceptors (Lipinski definition) is 3. The van der Waals surface area contributed by atoms with Crippen LogP contribution in [0, 0.1) is 5.41 Å². The Bertz CT molecular complexity index is 382. The molecule has 4 heteroatoms. The predicted molar refractivity (Wildman–Crippen MR) is 52.4 cm³/mol. The second-order valence-electron chi connectivity index (χ2n) is 2.61. The van der Waals surface area contributed by atoms with Gasteiger partial charge in [-0.3, -0.25) is 5.41 Å². The number of carboxylic acid groups (broad SMARTS) is 1. The number of carbonyl (C=O) groups is 1. The first kappa shape index (κ1) is 9.98. The Hall–Kier alpha value is -2.10. The van der Waals surface area contributed by atoms with Gasteiger partial charge in [0.15, 0.2) is 0 Å². The third-order valence-corrected chi connectivity index (χ3v) is 1.58. The zero-order valence-electron chi connectivity index (χ0n) is 7.27. The molecule has 0 aromatic heterocycles. The highest BCUT2D eigenvalue weighted by atomic mass is 16.4. The van der Waals surface area contributed by atoms with E-state index in [1.807, 2.05) is 0 Å². The van der Waals surface area contributed by atoms with E-state index in [0.29, 0.717) is 5.56 Å². The van der Waals surface area contributed by atoms with Crippen LogP contribution in [0.5, 0.6) is 0 Å². The minimum Gasteiger partial charge on any atom is -0.507 e. The Kier molecular flexibility index (Phi) is 3.01. The largest absolute Gasteiger partial charge is 0.507 e. The van der Waals surface area contributed by atoms with Crippen LogP contribution >= 0.6 is 0 Å². The van der Waals surface area contributed by atoms with E-state index in [1.165, 1.54) is 0 Å². The molecule has 0 aliphatic carbocycles. The van der Waals surface area contributed by atoms with Crippen LogP contribution in [0.15, 0.2) is 36.4 Å². The zero-order valence-corrected chi connectivity index (χ0v) is 7.27. The fourth-order valence-electron chi connectivity index (χ4n) is 0.891. The van der Waals surface area contributed by atoms with Crippen molar-refractivity contribution in [3.63, 3.8) is 0 Å². The number of aliphatic hydroxyl groups excluding tert-OH is 1. The molecule has 0 saturated heterocycles. The summed E-state index contributed by atoms with van der Waals surface area (Å²) in [5.41, 5.74) is -0.162. The second-order valence-corrected chi connectivity index (χ2v) is 2.61. The van der Waals surface area contributed by atoms with E-state index in [2.05, 4.69) is 0 Å². The van der Waals surface area contributed by atoms with Crippen molar-refractivity contribution in [1.82, 2.24) is 0 Å². The lowest BCUT2D eigenvalue weighted by molar-refractivity contribution is -0.129. The maximum absolute atomic E-state index is 10.3. The van der Waals surface area contributed by atoms with E-state index in [-0.39, 0.29) is 5.76 Å². The van der Waals surface area contributed by atoms with Gasteiger partial charge in [-0.2, -0.15) is 0 Å². The lowest BCUT2D eigenvalue weighted by Crippen LogP contribution is -2.08. The summed E-state index contributed by atoms with van der Waals surface area (Å²) in [7, 11) is 0. The monoisotopic (exact) mass is 191 g/mol. The highest BCUT2D eigenvalue weighted by molar-refractivity contribution is 6.40. The summed E-state index contributed by atoms with van der Waals surface area (Å²) >= 11 is 0. The van der Waals surface area contributed by atoms with E-state index in [4.69, 9.17) is 10.5 Å². The van der Waals surface area contributed by atoms with Crippen molar-refractivity contribution in [2.75, 3.05) is 0 Å². The van der Waals surface area contributed by atoms with Gasteiger partial charge in [-0.15, -0.1) is 0 Å². The molecular weight excluding hydrogens is 182 g/mol. The highest BCUT2D eigenvalue weighted by Crippen LogP contribution is 2.09. The van der Waals surface area contributed by atoms with Crippen molar-refractivity contribution in [1.29, 1.82) is 5.41 Å². The fourth-order valence-corrected chi connectivity index (χ4v) is 0.891. The molecule has 0 fully saturated rings. The first-order valence-electron chi connectivity index (χ1n) is 3.89. The van der Waals surface area contributed by atoms with E-state index in [0.717, 1.165) is 6.08 Å². The van der Waals surface area contributed by atoms with Gasteiger partial charge >= 0.3 is 5.97 Å². The molecule has 0 aliphatic heterocycles. The zero-order chi connectivity index (χ0) is 10.6. The molecule has 0 radical (unpaired) electrons. The molecule has 3 N–H and O–H groups in total. The molecule has 0 saturated carbocycles. The standard InChI is InChI=1S/C10H9NO3/c11-8(10(13)14)6-9(12)7-4-2-1-3-5-7/h1-6,11-12H,(H,13,14)/b9-6-,11-8?. The summed E-state index contributed by atoms with van der Waals surface area (Å²) in [5.74, 6) is -1.59. The first-order valence-corrected chi connectivity index (χ1v) is 3.89. The predicted octanol–water partition coefficient (Wildman–Crippen LogP) is 1.69. The average molecular weight is 191 g/mol. The molecule has 0 amide bonds. The Morgan fingerprint density at radius 3 is 2.29 bits per heavy atom. The molecule has 0 heterocycles. The molecule has 1 rings (SSSR count). The Morgan fingerprint density at radius 2 is 1.79 bits per heavy atom. The second kappa shape index (κ2) is 4.23. The molecule has 1 aromatic carbocycles. The van der Waals surface area contributed by atoms with Crippen LogP contribution < -0.4 is 0 Å². The number of aliphatic hydroxyl groups is 1. The number of rotatable bonds is 3. The summed E-state index contributed by atoms with van der Waals surface area (Å²) in [6, 6.07) is 8.45. The smallest absolute Gasteiger partial charge is 0.353 e. The number of hydrogen-bond donors (Lipinski definition) is 3. The number of benzene rings is 1. The van der Waals surface area contributed by atoms with Crippen molar-refractivity contribution < 1.29 is 15.0 Å². The molecule has 4 nitrogen and oxygen atoms in total. The van der Waals surface area contributed by atoms with E-state index in [1.54, 1.807) is 30.3 Å². The summed E-state index contributed by atoms with van der Waals surface area (Å²) in [4.78, 5) is 10.3. The third kappa shape index (κ3) is 2.45. The third-order valence-electron chi connectivity index (χ3n) is 1.58. The van der Waals surface area contributed by atoms with E-state index < -0.39 is 11.7 Å². The van der Waals surface area contributed by atoms with Gasteiger partial charge in [0.25, 0.3) is 0 Å². The van der Waals surface area contributed by atoms with E-state index >= 15 is 0 Å². The van der Waals surface area contributed by atoms with Gasteiger partial charge in [-0.25, -0.2) is 4.79 Å². The van der Waals surface area contributed by atoms with Gasteiger partial charge in [0.05, 0.1) is 0 Å². The molecule has 72 valence electrons. The molecular formula is C10H9NO3. The van der Waals surface area contributed by atoms with Crippen LogP contribution in [-0.2, 0) is 4.79 Å². The van der Waals surface area contributed by atoms with Crippen molar-refractivity contribution in [3.05, 3.63) is 42.0 Å². The fraction of sp³-hybridized carbons (Fsp3) is 0. The van der Waals surface area contributed by atoms with Gasteiger partial charge in [0.1, 0.15) is 11.5 Å². The van der Waals surface area contributed by atoms with Gasteiger partial charge < -0.3 is 10.2 Å². The van der Waals surface area contributed by atoms with Crippen molar-refractivity contribution in [3.8, 4) is 0 Å². The minimum absolute atomic E-state index is 0.224. The van der Waals surface area contributed by atoms with Crippen molar-refractivity contribution >= 4 is 17.4 Å². The molecule has 0 atom stereocenters. The molecule has 0 bridgehead atoms. The van der Waals surface area contributed by atoms with Crippen LogP contribution in [0.4, 0.5) is 0 Å². The van der Waals surface area contributed by atoms with Gasteiger partial charge in [0, 0.05) is 11.6 Å². The van der Waals surface area contributed by atoms with Crippen LogP contribution in [0.3, 0.4) is 0 Å². The topological polar surface area (TPSA) is 81.4 Å². The SMILES string of the molecule is N=C(/C=C(\O)c1ccccc1)C(=O)O. The quantitative estimate of drug-likeness (QED) is 0.502. The lowest BCUT2D eigenvalue weighted by Gasteiger charge is -1.98. The van der Waals surface area contributed by atoms with Crippen LogP contribution in [0.25, 0.3) is 5.76 Å². The van der Waals surface area contributed by atoms with Crippen molar-refractivity contribution in [2.24, 2.45) is 0 Å². The van der Waals surface area contributed by atoms with Gasteiger partial charge in [0.2, 0.25) is 0 Å². The van der Waals surface area contributed by atoms with Gasteiger partial charge in [-0.1, -0.05) is 30.3 Å². The lowest BCUT2D eigenvalue weighted by atomic mass is 10.1.